The largest absolute Gasteiger partial charge is 0.441 e. The van der Waals surface area contributed by atoms with Crippen LogP contribution in [0.1, 0.15) is 22.6 Å². The van der Waals surface area contributed by atoms with E-state index in [1.165, 1.54) is 5.56 Å². The Bertz CT molecular complexity index is 995. The predicted molar refractivity (Wildman–Crippen MR) is 115 cm³/mol. The van der Waals surface area contributed by atoms with Gasteiger partial charge in [-0.25, -0.2) is 4.98 Å². The van der Waals surface area contributed by atoms with Crippen LogP contribution in [-0.2, 0) is 22.7 Å². The molecule has 0 unspecified atom stereocenters. The van der Waals surface area contributed by atoms with Crippen LogP contribution in [0.4, 0.5) is 0 Å². The molecule has 4 rings (SSSR count). The Morgan fingerprint density at radius 2 is 1.93 bits per heavy atom. The molecule has 3 aromatic rings. The molecule has 0 aliphatic carbocycles. The van der Waals surface area contributed by atoms with Gasteiger partial charge >= 0.3 is 0 Å². The van der Waals surface area contributed by atoms with Crippen molar-refractivity contribution in [3.63, 3.8) is 0 Å². The number of benzene rings is 2. The third-order valence-corrected chi connectivity index (χ3v) is 5.01. The topological polar surface area (TPSA) is 86.1 Å². The number of hydrogen-bond acceptors (Lipinski definition) is 6. The molecule has 0 bridgehead atoms. The van der Waals surface area contributed by atoms with Crippen LogP contribution in [0.25, 0.3) is 11.5 Å². The molecule has 30 heavy (non-hydrogen) atoms. The van der Waals surface area contributed by atoms with Gasteiger partial charge in [0.25, 0.3) is 0 Å². The van der Waals surface area contributed by atoms with Crippen molar-refractivity contribution in [1.29, 1.82) is 0 Å². The summed E-state index contributed by atoms with van der Waals surface area (Å²) >= 11 is 0. The van der Waals surface area contributed by atoms with Crippen LogP contribution in [0.5, 0.6) is 0 Å². The SMILES string of the molecule is Cc1oc(-c2ccccc2)nc1CO/N=C(/N)c1cccc(CN2CCOCC2)c1. The molecular formula is C23H26N4O3. The number of hydrogen-bond donors (Lipinski definition) is 1. The lowest BCUT2D eigenvalue weighted by molar-refractivity contribution is 0.0342. The van der Waals surface area contributed by atoms with Gasteiger partial charge in [0.1, 0.15) is 11.5 Å². The summed E-state index contributed by atoms with van der Waals surface area (Å²) in [5.41, 5.74) is 9.79. The maximum Gasteiger partial charge on any atom is 0.226 e. The molecule has 2 N–H and O–H groups in total. The zero-order valence-corrected chi connectivity index (χ0v) is 17.1. The van der Waals surface area contributed by atoms with Gasteiger partial charge in [-0.2, -0.15) is 0 Å². The second-order valence-corrected chi connectivity index (χ2v) is 7.23. The van der Waals surface area contributed by atoms with Crippen LogP contribution in [-0.4, -0.2) is 42.0 Å². The van der Waals surface area contributed by atoms with Gasteiger partial charge in [0.05, 0.1) is 13.2 Å². The second-order valence-electron chi connectivity index (χ2n) is 7.23. The van der Waals surface area contributed by atoms with Crippen LogP contribution in [0.3, 0.4) is 0 Å². The monoisotopic (exact) mass is 406 g/mol. The van der Waals surface area contributed by atoms with Crippen molar-refractivity contribution in [1.82, 2.24) is 9.88 Å². The number of rotatable bonds is 7. The first-order chi connectivity index (χ1) is 14.7. The van der Waals surface area contributed by atoms with E-state index in [0.29, 0.717) is 23.2 Å². The van der Waals surface area contributed by atoms with Crippen LogP contribution in [0, 0.1) is 6.92 Å². The first kappa shape index (κ1) is 20.1. The predicted octanol–water partition coefficient (Wildman–Crippen LogP) is 3.32. The van der Waals surface area contributed by atoms with Gasteiger partial charge < -0.3 is 19.7 Å². The van der Waals surface area contributed by atoms with Crippen LogP contribution in [0.15, 0.2) is 64.2 Å². The standard InChI is InChI=1S/C23H26N4O3/c1-17-21(25-23(30-17)19-7-3-2-4-8-19)16-29-26-22(24)20-9-5-6-18(14-20)15-27-10-12-28-13-11-27/h2-9,14H,10-13,15-16H2,1H3,(H2,24,26). The molecule has 156 valence electrons. The summed E-state index contributed by atoms with van der Waals surface area (Å²) in [5, 5.41) is 4.08. The van der Waals surface area contributed by atoms with Crippen molar-refractivity contribution in [2.75, 3.05) is 26.3 Å². The lowest BCUT2D eigenvalue weighted by atomic mass is 10.1. The number of oxime groups is 1. The average molecular weight is 406 g/mol. The van der Waals surface area contributed by atoms with Crippen LogP contribution >= 0.6 is 0 Å². The quantitative estimate of drug-likeness (QED) is 0.368. The fraction of sp³-hybridized carbons (Fsp3) is 0.304. The van der Waals surface area contributed by atoms with E-state index in [2.05, 4.69) is 21.1 Å². The number of nitrogens with zero attached hydrogens (tertiary/aromatic N) is 3. The first-order valence-corrected chi connectivity index (χ1v) is 10.1. The summed E-state index contributed by atoms with van der Waals surface area (Å²) in [6.07, 6.45) is 0. The molecule has 0 saturated carbocycles. The van der Waals surface area contributed by atoms with E-state index in [4.69, 9.17) is 19.7 Å². The minimum Gasteiger partial charge on any atom is -0.441 e. The summed E-state index contributed by atoms with van der Waals surface area (Å²) < 4.78 is 11.2. The Labute approximate surface area is 176 Å². The van der Waals surface area contributed by atoms with Gasteiger partial charge in [-0.3, -0.25) is 4.90 Å². The zero-order chi connectivity index (χ0) is 20.8. The summed E-state index contributed by atoms with van der Waals surface area (Å²) in [7, 11) is 0. The number of ether oxygens (including phenoxy) is 1. The highest BCUT2D eigenvalue weighted by molar-refractivity contribution is 5.97. The summed E-state index contributed by atoms with van der Waals surface area (Å²) in [5.74, 6) is 1.61. The maximum absolute atomic E-state index is 6.14. The molecule has 1 aliphatic rings. The number of oxazole rings is 1. The molecule has 2 heterocycles. The Kier molecular flexibility index (Phi) is 6.41. The van der Waals surface area contributed by atoms with E-state index >= 15 is 0 Å². The number of aromatic nitrogens is 1. The second kappa shape index (κ2) is 9.56. The van der Waals surface area contributed by atoms with Crippen molar-refractivity contribution >= 4 is 5.84 Å². The molecule has 0 atom stereocenters. The first-order valence-electron chi connectivity index (χ1n) is 10.1. The Morgan fingerprint density at radius 3 is 2.73 bits per heavy atom. The van der Waals surface area contributed by atoms with Gasteiger partial charge in [-0.1, -0.05) is 41.6 Å². The molecule has 1 saturated heterocycles. The van der Waals surface area contributed by atoms with Gasteiger partial charge in [0, 0.05) is 30.8 Å². The van der Waals surface area contributed by atoms with Gasteiger partial charge in [0.15, 0.2) is 12.4 Å². The molecule has 1 aliphatic heterocycles. The molecular weight excluding hydrogens is 380 g/mol. The Morgan fingerprint density at radius 1 is 1.13 bits per heavy atom. The van der Waals surface area contributed by atoms with Crippen molar-refractivity contribution in [3.8, 4) is 11.5 Å². The minimum atomic E-state index is 0.191. The molecule has 0 amide bonds. The van der Waals surface area contributed by atoms with E-state index in [1.54, 1.807) is 0 Å². The fourth-order valence-corrected chi connectivity index (χ4v) is 3.33. The smallest absolute Gasteiger partial charge is 0.226 e. The molecule has 7 nitrogen and oxygen atoms in total. The van der Waals surface area contributed by atoms with Crippen molar-refractivity contribution < 1.29 is 14.0 Å². The highest BCUT2D eigenvalue weighted by Gasteiger charge is 2.13. The number of morpholine rings is 1. The average Bonchev–Trinajstić information content (AvgIpc) is 3.16. The van der Waals surface area contributed by atoms with Crippen LogP contribution < -0.4 is 5.73 Å². The highest BCUT2D eigenvalue weighted by Crippen LogP contribution is 2.21. The van der Waals surface area contributed by atoms with Gasteiger partial charge in [0.2, 0.25) is 5.89 Å². The third-order valence-electron chi connectivity index (χ3n) is 5.01. The Balaban J connectivity index is 1.38. The van der Waals surface area contributed by atoms with Crippen LogP contribution in [0.2, 0.25) is 0 Å². The van der Waals surface area contributed by atoms with E-state index in [9.17, 15) is 0 Å². The van der Waals surface area contributed by atoms with E-state index in [1.807, 2.05) is 55.5 Å². The molecule has 1 fully saturated rings. The van der Waals surface area contributed by atoms with E-state index in [0.717, 1.165) is 44.0 Å². The fourth-order valence-electron chi connectivity index (χ4n) is 3.33. The maximum atomic E-state index is 6.14. The molecule has 0 radical (unpaired) electrons. The summed E-state index contributed by atoms with van der Waals surface area (Å²) in [6, 6.07) is 17.8. The molecule has 0 spiro atoms. The van der Waals surface area contributed by atoms with Crippen molar-refractivity contribution in [2.24, 2.45) is 10.9 Å². The van der Waals surface area contributed by atoms with Gasteiger partial charge in [-0.05, 0) is 30.7 Å². The molecule has 2 aromatic carbocycles. The van der Waals surface area contributed by atoms with Crippen molar-refractivity contribution in [3.05, 3.63) is 77.2 Å². The molecule has 7 heteroatoms. The summed E-state index contributed by atoms with van der Waals surface area (Å²) in [6.45, 7) is 6.37. The number of amidine groups is 1. The van der Waals surface area contributed by atoms with Crippen molar-refractivity contribution in [2.45, 2.75) is 20.1 Å². The lowest BCUT2D eigenvalue weighted by Gasteiger charge is -2.26. The van der Waals surface area contributed by atoms with E-state index in [-0.39, 0.29) is 6.61 Å². The zero-order valence-electron chi connectivity index (χ0n) is 17.1. The minimum absolute atomic E-state index is 0.191. The number of aryl methyl sites for hydroxylation is 1. The third kappa shape index (κ3) is 5.06. The normalized spacial score (nSPS) is 15.3. The lowest BCUT2D eigenvalue weighted by Crippen LogP contribution is -2.35. The van der Waals surface area contributed by atoms with E-state index < -0.39 is 0 Å². The molecule has 1 aromatic heterocycles. The van der Waals surface area contributed by atoms with Gasteiger partial charge in [-0.15, -0.1) is 0 Å². The highest BCUT2D eigenvalue weighted by atomic mass is 16.6. The Hall–Kier alpha value is -3.16. The summed E-state index contributed by atoms with van der Waals surface area (Å²) in [4.78, 5) is 12.3. The number of nitrogens with two attached hydrogens (primary N) is 1.